The quantitative estimate of drug-likeness (QED) is 0.859. The summed E-state index contributed by atoms with van der Waals surface area (Å²) in [4.78, 5) is 23.2. The van der Waals surface area contributed by atoms with E-state index in [1.165, 1.54) is 0 Å². The predicted molar refractivity (Wildman–Crippen MR) is 88.0 cm³/mol. The van der Waals surface area contributed by atoms with Crippen molar-refractivity contribution in [2.45, 2.75) is 26.0 Å². The molecule has 0 aliphatic heterocycles. The largest absolute Gasteiger partial charge is 0.481 e. The minimum absolute atomic E-state index is 0.105. The van der Waals surface area contributed by atoms with Gasteiger partial charge in [-0.3, -0.25) is 9.59 Å². The maximum absolute atomic E-state index is 12.2. The molecular formula is C18H20N2O3. The zero-order valence-electron chi connectivity index (χ0n) is 13.2. The number of primary amides is 1. The fourth-order valence-electron chi connectivity index (χ4n) is 2.11. The number of benzene rings is 2. The van der Waals surface area contributed by atoms with Gasteiger partial charge in [0.25, 0.3) is 5.91 Å². The van der Waals surface area contributed by atoms with Crippen molar-refractivity contribution in [2.75, 3.05) is 0 Å². The van der Waals surface area contributed by atoms with Gasteiger partial charge in [-0.2, -0.15) is 0 Å². The Balaban J connectivity index is 1.93. The molecule has 23 heavy (non-hydrogen) atoms. The lowest BCUT2D eigenvalue weighted by Crippen LogP contribution is -2.37. The Kier molecular flexibility index (Phi) is 5.36. The topological polar surface area (TPSA) is 81.4 Å². The van der Waals surface area contributed by atoms with E-state index in [0.717, 1.165) is 5.56 Å². The van der Waals surface area contributed by atoms with Crippen molar-refractivity contribution in [3.05, 3.63) is 65.7 Å². The Labute approximate surface area is 135 Å². The summed E-state index contributed by atoms with van der Waals surface area (Å²) in [6.07, 6.45) is -0.652. The minimum Gasteiger partial charge on any atom is -0.481 e. The van der Waals surface area contributed by atoms with E-state index in [0.29, 0.717) is 11.3 Å². The number of ether oxygens (including phenoxy) is 1. The van der Waals surface area contributed by atoms with Crippen LogP contribution in [-0.4, -0.2) is 17.9 Å². The van der Waals surface area contributed by atoms with Gasteiger partial charge >= 0.3 is 0 Å². The smallest absolute Gasteiger partial charge is 0.261 e. The normalized spacial score (nSPS) is 13.0. The molecule has 3 N–H and O–H groups in total. The van der Waals surface area contributed by atoms with Gasteiger partial charge < -0.3 is 15.8 Å². The first-order valence-corrected chi connectivity index (χ1v) is 7.39. The van der Waals surface area contributed by atoms with Crippen molar-refractivity contribution in [3.63, 3.8) is 0 Å². The number of hydrogen-bond donors (Lipinski definition) is 2. The van der Waals surface area contributed by atoms with E-state index in [4.69, 9.17) is 10.5 Å². The first-order valence-electron chi connectivity index (χ1n) is 7.39. The van der Waals surface area contributed by atoms with Crippen LogP contribution in [0.25, 0.3) is 0 Å². The predicted octanol–water partition coefficient (Wildman–Crippen LogP) is 2.43. The first kappa shape index (κ1) is 16.5. The van der Waals surface area contributed by atoms with Gasteiger partial charge in [-0.05, 0) is 43.7 Å². The van der Waals surface area contributed by atoms with Gasteiger partial charge in [0.05, 0.1) is 6.04 Å². The highest BCUT2D eigenvalue weighted by molar-refractivity contribution is 5.92. The molecular weight excluding hydrogens is 292 g/mol. The number of carbonyl (C=O) groups is 2. The van der Waals surface area contributed by atoms with E-state index in [1.54, 1.807) is 31.2 Å². The van der Waals surface area contributed by atoms with Crippen molar-refractivity contribution in [3.8, 4) is 5.75 Å². The highest BCUT2D eigenvalue weighted by atomic mass is 16.5. The lowest BCUT2D eigenvalue weighted by Gasteiger charge is -2.19. The summed E-state index contributed by atoms with van der Waals surface area (Å²) >= 11 is 0. The molecule has 2 unspecified atom stereocenters. The average Bonchev–Trinajstić information content (AvgIpc) is 2.56. The van der Waals surface area contributed by atoms with Gasteiger partial charge in [-0.25, -0.2) is 0 Å². The summed E-state index contributed by atoms with van der Waals surface area (Å²) in [6, 6.07) is 16.0. The molecule has 2 rings (SSSR count). The van der Waals surface area contributed by atoms with E-state index >= 15 is 0 Å². The monoisotopic (exact) mass is 312 g/mol. The maximum Gasteiger partial charge on any atom is 0.261 e. The lowest BCUT2D eigenvalue weighted by atomic mass is 10.1. The molecule has 0 aliphatic rings. The van der Waals surface area contributed by atoms with Gasteiger partial charge in [0, 0.05) is 5.56 Å². The Morgan fingerprint density at radius 1 is 1.00 bits per heavy atom. The molecule has 0 saturated carbocycles. The molecule has 0 aliphatic carbocycles. The zero-order valence-corrected chi connectivity index (χ0v) is 13.2. The van der Waals surface area contributed by atoms with Crippen LogP contribution in [-0.2, 0) is 4.79 Å². The number of hydrogen-bond acceptors (Lipinski definition) is 3. The SMILES string of the molecule is CC(Oc1ccc(C(N)=O)cc1)C(=O)NC(C)c1ccccc1. The van der Waals surface area contributed by atoms with Crippen molar-refractivity contribution < 1.29 is 14.3 Å². The zero-order chi connectivity index (χ0) is 16.8. The first-order chi connectivity index (χ1) is 11.0. The summed E-state index contributed by atoms with van der Waals surface area (Å²) in [5, 5.41) is 2.91. The molecule has 2 amide bonds. The summed E-state index contributed by atoms with van der Waals surface area (Å²) in [5.74, 6) is -0.204. The van der Waals surface area contributed by atoms with Gasteiger partial charge in [-0.15, -0.1) is 0 Å². The Hall–Kier alpha value is -2.82. The van der Waals surface area contributed by atoms with Crippen LogP contribution >= 0.6 is 0 Å². The molecule has 0 aromatic heterocycles. The van der Waals surface area contributed by atoms with E-state index in [2.05, 4.69) is 5.32 Å². The molecule has 0 spiro atoms. The Morgan fingerprint density at radius 3 is 2.17 bits per heavy atom. The second-order valence-corrected chi connectivity index (χ2v) is 5.29. The molecule has 0 bridgehead atoms. The molecule has 5 heteroatoms. The number of rotatable bonds is 6. The van der Waals surface area contributed by atoms with Crippen molar-refractivity contribution >= 4 is 11.8 Å². The summed E-state index contributed by atoms with van der Waals surface area (Å²) in [6.45, 7) is 3.59. The fourth-order valence-corrected chi connectivity index (χ4v) is 2.11. The minimum atomic E-state index is -0.652. The highest BCUT2D eigenvalue weighted by Crippen LogP contribution is 2.15. The second kappa shape index (κ2) is 7.45. The van der Waals surface area contributed by atoms with Crippen molar-refractivity contribution in [2.24, 2.45) is 5.73 Å². The van der Waals surface area contributed by atoms with Gasteiger partial charge in [-0.1, -0.05) is 30.3 Å². The van der Waals surface area contributed by atoms with E-state index < -0.39 is 12.0 Å². The Morgan fingerprint density at radius 2 is 1.61 bits per heavy atom. The number of nitrogens with two attached hydrogens (primary N) is 1. The maximum atomic E-state index is 12.2. The molecule has 2 aromatic carbocycles. The summed E-state index contributed by atoms with van der Waals surface area (Å²) in [5.41, 5.74) is 6.60. The molecule has 5 nitrogen and oxygen atoms in total. The number of amides is 2. The fraction of sp³-hybridized carbons (Fsp3) is 0.222. The van der Waals surface area contributed by atoms with Crippen LogP contribution in [0.4, 0.5) is 0 Å². The van der Waals surface area contributed by atoms with Gasteiger partial charge in [0.2, 0.25) is 5.91 Å². The van der Waals surface area contributed by atoms with Crippen LogP contribution in [0, 0.1) is 0 Å². The van der Waals surface area contributed by atoms with Crippen molar-refractivity contribution in [1.82, 2.24) is 5.32 Å². The van der Waals surface area contributed by atoms with Crippen LogP contribution in [0.15, 0.2) is 54.6 Å². The summed E-state index contributed by atoms with van der Waals surface area (Å²) in [7, 11) is 0. The van der Waals surface area contributed by atoms with Crippen LogP contribution < -0.4 is 15.8 Å². The lowest BCUT2D eigenvalue weighted by molar-refractivity contribution is -0.127. The van der Waals surface area contributed by atoms with Crippen LogP contribution in [0.5, 0.6) is 5.75 Å². The third-order valence-corrected chi connectivity index (χ3v) is 3.48. The standard InChI is InChI=1S/C18H20N2O3/c1-12(14-6-4-3-5-7-14)20-18(22)13(2)23-16-10-8-15(9-11-16)17(19)21/h3-13H,1-2H3,(H2,19,21)(H,20,22). The van der Waals surface area contributed by atoms with E-state index in [-0.39, 0.29) is 11.9 Å². The third-order valence-electron chi connectivity index (χ3n) is 3.48. The molecule has 0 radical (unpaired) electrons. The van der Waals surface area contributed by atoms with Gasteiger partial charge in [0.1, 0.15) is 5.75 Å². The molecule has 2 aromatic rings. The van der Waals surface area contributed by atoms with Crippen molar-refractivity contribution in [1.29, 1.82) is 0 Å². The van der Waals surface area contributed by atoms with E-state index in [1.807, 2.05) is 37.3 Å². The number of nitrogens with one attached hydrogen (secondary N) is 1. The van der Waals surface area contributed by atoms with Crippen LogP contribution in [0.2, 0.25) is 0 Å². The molecule has 0 fully saturated rings. The summed E-state index contributed by atoms with van der Waals surface area (Å²) < 4.78 is 5.58. The molecule has 2 atom stereocenters. The Bertz CT molecular complexity index is 668. The second-order valence-electron chi connectivity index (χ2n) is 5.29. The van der Waals surface area contributed by atoms with E-state index in [9.17, 15) is 9.59 Å². The molecule has 0 heterocycles. The van der Waals surface area contributed by atoms with Gasteiger partial charge in [0.15, 0.2) is 6.10 Å². The number of carbonyl (C=O) groups excluding carboxylic acids is 2. The third kappa shape index (κ3) is 4.57. The molecule has 120 valence electrons. The van der Waals surface area contributed by atoms with Crippen LogP contribution in [0.1, 0.15) is 35.8 Å². The average molecular weight is 312 g/mol. The highest BCUT2D eigenvalue weighted by Gasteiger charge is 2.17. The van der Waals surface area contributed by atoms with Crippen LogP contribution in [0.3, 0.4) is 0 Å². The molecule has 0 saturated heterocycles.